The molecule has 2 heterocycles. The molecule has 2 aliphatic heterocycles. The van der Waals surface area contributed by atoms with Crippen molar-refractivity contribution in [2.45, 2.75) is 69.5 Å². The molecule has 3 rings (SSSR count). The van der Waals surface area contributed by atoms with Gasteiger partial charge in [0.1, 0.15) is 12.1 Å². The number of amides is 1. The molecule has 7 nitrogen and oxygen atoms in total. The Kier molecular flexibility index (Phi) is 5.08. The minimum Gasteiger partial charge on any atom is -0.480 e. The van der Waals surface area contributed by atoms with Crippen LogP contribution >= 0.6 is 0 Å². The lowest BCUT2D eigenvalue weighted by molar-refractivity contribution is -0.150. The van der Waals surface area contributed by atoms with E-state index in [0.717, 1.165) is 45.1 Å². The summed E-state index contributed by atoms with van der Waals surface area (Å²) in [5, 5.41) is 18.6. The highest BCUT2D eigenvalue weighted by Gasteiger charge is 2.41. The van der Waals surface area contributed by atoms with E-state index in [1.807, 2.05) is 0 Å². The monoisotopic (exact) mass is 338 g/mol. The summed E-state index contributed by atoms with van der Waals surface area (Å²) in [4.78, 5) is 38.9. The van der Waals surface area contributed by atoms with Crippen molar-refractivity contribution in [2.75, 3.05) is 13.1 Å². The zero-order chi connectivity index (χ0) is 17.3. The number of likely N-dealkylation sites (tertiary alicyclic amines) is 2. The number of aliphatic carboxylic acids is 2. The first-order valence-electron chi connectivity index (χ1n) is 9.01. The predicted octanol–water partition coefficient (Wildman–Crippen LogP) is 1.17. The SMILES string of the molecule is O=C(O)[C@H]1CCCN1C(=O)C1CCC(N2CCC[C@@H]2C(=O)O)CC1. The Balaban J connectivity index is 1.56. The van der Waals surface area contributed by atoms with Gasteiger partial charge in [0.15, 0.2) is 0 Å². The average Bonchev–Trinajstić information content (AvgIpc) is 3.23. The Morgan fingerprint density at radius 1 is 0.750 bits per heavy atom. The molecule has 2 N–H and O–H groups in total. The molecule has 2 atom stereocenters. The van der Waals surface area contributed by atoms with Crippen LogP contribution in [0.2, 0.25) is 0 Å². The molecule has 2 saturated heterocycles. The van der Waals surface area contributed by atoms with Gasteiger partial charge in [0.25, 0.3) is 0 Å². The molecule has 7 heteroatoms. The highest BCUT2D eigenvalue weighted by Crippen LogP contribution is 2.34. The first-order valence-corrected chi connectivity index (χ1v) is 9.01. The molecule has 0 aromatic rings. The quantitative estimate of drug-likeness (QED) is 0.798. The first kappa shape index (κ1) is 17.2. The molecule has 3 fully saturated rings. The van der Waals surface area contributed by atoms with Gasteiger partial charge in [0, 0.05) is 18.5 Å². The number of carboxylic acid groups (broad SMARTS) is 2. The lowest BCUT2D eigenvalue weighted by Crippen LogP contribution is -2.48. The van der Waals surface area contributed by atoms with Crippen LogP contribution in [0.15, 0.2) is 0 Å². The van der Waals surface area contributed by atoms with Crippen molar-refractivity contribution < 1.29 is 24.6 Å². The molecule has 0 unspecified atom stereocenters. The zero-order valence-corrected chi connectivity index (χ0v) is 13.9. The molecule has 0 spiro atoms. The summed E-state index contributed by atoms with van der Waals surface area (Å²) < 4.78 is 0. The fourth-order valence-corrected chi connectivity index (χ4v) is 4.67. The van der Waals surface area contributed by atoms with Crippen LogP contribution in [-0.2, 0) is 14.4 Å². The molecular formula is C17H26N2O5. The molecule has 1 amide bonds. The minimum absolute atomic E-state index is 0.0189. The summed E-state index contributed by atoms with van der Waals surface area (Å²) in [6, 6.07) is -0.797. The van der Waals surface area contributed by atoms with Gasteiger partial charge in [-0.3, -0.25) is 14.5 Å². The minimum atomic E-state index is -0.907. The van der Waals surface area contributed by atoms with E-state index in [4.69, 9.17) is 0 Å². The van der Waals surface area contributed by atoms with Gasteiger partial charge in [-0.25, -0.2) is 4.79 Å². The number of hydrogen-bond acceptors (Lipinski definition) is 4. The number of rotatable bonds is 4. The highest BCUT2D eigenvalue weighted by molar-refractivity contribution is 5.85. The van der Waals surface area contributed by atoms with Crippen LogP contribution in [0, 0.1) is 5.92 Å². The molecule has 3 aliphatic rings. The highest BCUT2D eigenvalue weighted by atomic mass is 16.4. The number of carbonyl (C=O) groups is 3. The van der Waals surface area contributed by atoms with Crippen LogP contribution in [0.4, 0.5) is 0 Å². The number of nitrogens with zero attached hydrogens (tertiary/aromatic N) is 2. The molecule has 0 radical (unpaired) electrons. The fraction of sp³-hybridized carbons (Fsp3) is 0.824. The van der Waals surface area contributed by atoms with Crippen molar-refractivity contribution in [2.24, 2.45) is 5.92 Å². The molecule has 134 valence electrons. The van der Waals surface area contributed by atoms with Gasteiger partial charge in [0.2, 0.25) is 5.91 Å². The molecule has 0 aromatic heterocycles. The summed E-state index contributed by atoms with van der Waals surface area (Å²) in [6.45, 7) is 1.37. The Labute approximate surface area is 141 Å². The first-order chi connectivity index (χ1) is 11.5. The van der Waals surface area contributed by atoms with Crippen LogP contribution in [0.25, 0.3) is 0 Å². The third-order valence-electron chi connectivity index (χ3n) is 5.92. The van der Waals surface area contributed by atoms with Gasteiger partial charge >= 0.3 is 11.9 Å². The number of carbonyl (C=O) groups excluding carboxylic acids is 1. The summed E-state index contributed by atoms with van der Waals surface area (Å²) in [6.07, 6.45) is 6.05. The van der Waals surface area contributed by atoms with Crippen LogP contribution < -0.4 is 0 Å². The predicted molar refractivity (Wildman–Crippen MR) is 85.5 cm³/mol. The smallest absolute Gasteiger partial charge is 0.326 e. The molecular weight excluding hydrogens is 312 g/mol. The van der Waals surface area contributed by atoms with Gasteiger partial charge in [0.05, 0.1) is 0 Å². The zero-order valence-electron chi connectivity index (χ0n) is 13.9. The van der Waals surface area contributed by atoms with Crippen molar-refractivity contribution >= 4 is 17.8 Å². The van der Waals surface area contributed by atoms with E-state index in [2.05, 4.69) is 4.90 Å². The molecule has 24 heavy (non-hydrogen) atoms. The second-order valence-electron chi connectivity index (χ2n) is 7.27. The molecule has 1 aliphatic carbocycles. The van der Waals surface area contributed by atoms with Crippen molar-refractivity contribution in [3.63, 3.8) is 0 Å². The maximum Gasteiger partial charge on any atom is 0.326 e. The third-order valence-corrected chi connectivity index (χ3v) is 5.92. The molecule has 0 aromatic carbocycles. The van der Waals surface area contributed by atoms with Crippen LogP contribution in [0.3, 0.4) is 0 Å². The maximum absolute atomic E-state index is 12.7. The van der Waals surface area contributed by atoms with E-state index in [0.29, 0.717) is 19.4 Å². The van der Waals surface area contributed by atoms with Gasteiger partial charge in [-0.2, -0.15) is 0 Å². The third kappa shape index (κ3) is 3.27. The van der Waals surface area contributed by atoms with Crippen molar-refractivity contribution in [3.05, 3.63) is 0 Å². The topological polar surface area (TPSA) is 98.2 Å². The fourth-order valence-electron chi connectivity index (χ4n) is 4.67. The molecule has 1 saturated carbocycles. The van der Waals surface area contributed by atoms with E-state index < -0.39 is 18.0 Å². The summed E-state index contributed by atoms with van der Waals surface area (Å²) in [7, 11) is 0. The summed E-state index contributed by atoms with van der Waals surface area (Å²) in [5.74, 6) is -1.77. The van der Waals surface area contributed by atoms with Gasteiger partial charge in [-0.15, -0.1) is 0 Å². The van der Waals surface area contributed by atoms with Crippen LogP contribution in [-0.4, -0.2) is 69.1 Å². The van der Waals surface area contributed by atoms with E-state index in [1.165, 1.54) is 0 Å². The summed E-state index contributed by atoms with van der Waals surface area (Å²) in [5.41, 5.74) is 0. The van der Waals surface area contributed by atoms with Crippen LogP contribution in [0.5, 0.6) is 0 Å². The average molecular weight is 338 g/mol. The Bertz CT molecular complexity index is 515. The summed E-state index contributed by atoms with van der Waals surface area (Å²) >= 11 is 0. The number of hydrogen-bond donors (Lipinski definition) is 2. The van der Waals surface area contributed by atoms with Gasteiger partial charge < -0.3 is 15.1 Å². The van der Waals surface area contributed by atoms with E-state index in [-0.39, 0.29) is 23.9 Å². The largest absolute Gasteiger partial charge is 0.480 e. The van der Waals surface area contributed by atoms with Crippen LogP contribution in [0.1, 0.15) is 51.4 Å². The lowest BCUT2D eigenvalue weighted by atomic mass is 9.84. The van der Waals surface area contributed by atoms with E-state index >= 15 is 0 Å². The second-order valence-corrected chi connectivity index (χ2v) is 7.27. The Morgan fingerprint density at radius 2 is 1.33 bits per heavy atom. The number of carboxylic acids is 2. The second kappa shape index (κ2) is 7.09. The van der Waals surface area contributed by atoms with Gasteiger partial charge in [-0.05, 0) is 57.9 Å². The van der Waals surface area contributed by atoms with Gasteiger partial charge in [-0.1, -0.05) is 0 Å². The Hall–Kier alpha value is -1.63. The van der Waals surface area contributed by atoms with E-state index in [1.54, 1.807) is 4.90 Å². The normalized spacial score (nSPS) is 34.4. The Morgan fingerprint density at radius 3 is 1.96 bits per heavy atom. The lowest BCUT2D eigenvalue weighted by Gasteiger charge is -2.37. The van der Waals surface area contributed by atoms with Crippen molar-refractivity contribution in [1.82, 2.24) is 9.80 Å². The van der Waals surface area contributed by atoms with Crippen molar-refractivity contribution in [1.29, 1.82) is 0 Å². The maximum atomic E-state index is 12.7. The molecule has 0 bridgehead atoms. The van der Waals surface area contributed by atoms with E-state index in [9.17, 15) is 24.6 Å². The van der Waals surface area contributed by atoms with Crippen molar-refractivity contribution in [3.8, 4) is 0 Å². The standard InChI is InChI=1S/C17H26N2O5/c20-15(19-10-2-4-14(19)17(23)24)11-5-7-12(8-6-11)18-9-1-3-13(18)16(21)22/h11-14H,1-10H2,(H,21,22)(H,23,24)/t11?,12?,13-,14-/m1/s1.